The van der Waals surface area contributed by atoms with Gasteiger partial charge in [0.2, 0.25) is 0 Å². The standard InChI is InChI=1S/C15H21N.CH4O/c1-4-8-16-9-7-13-5-6-14(12(2)3)10-15(13)11-16;1-2/h4-6,10,12H,1,7-9,11H2,2-3H3;2H,1H3. The number of hydrogen-bond donors (Lipinski definition) is 1. The van der Waals surface area contributed by atoms with E-state index in [1.807, 2.05) is 6.08 Å². The van der Waals surface area contributed by atoms with E-state index in [0.29, 0.717) is 5.92 Å². The number of fused-ring (bicyclic) bond motifs is 1. The third-order valence-electron chi connectivity index (χ3n) is 3.38. The quantitative estimate of drug-likeness (QED) is 0.830. The molecule has 0 atom stereocenters. The largest absolute Gasteiger partial charge is 0.400 e. The number of rotatable bonds is 3. The zero-order valence-electron chi connectivity index (χ0n) is 11.8. The summed E-state index contributed by atoms with van der Waals surface area (Å²) in [4.78, 5) is 2.46. The molecule has 0 saturated heterocycles. The van der Waals surface area contributed by atoms with Crippen molar-refractivity contribution in [3.63, 3.8) is 0 Å². The van der Waals surface area contributed by atoms with Crippen LogP contribution in [-0.4, -0.2) is 30.2 Å². The van der Waals surface area contributed by atoms with Gasteiger partial charge in [-0.3, -0.25) is 4.90 Å². The fourth-order valence-electron chi connectivity index (χ4n) is 2.33. The van der Waals surface area contributed by atoms with Gasteiger partial charge in [0.25, 0.3) is 0 Å². The second kappa shape index (κ2) is 7.34. The van der Waals surface area contributed by atoms with E-state index in [9.17, 15) is 0 Å². The van der Waals surface area contributed by atoms with Crippen molar-refractivity contribution in [3.8, 4) is 0 Å². The van der Waals surface area contributed by atoms with E-state index in [-0.39, 0.29) is 0 Å². The van der Waals surface area contributed by atoms with Gasteiger partial charge in [-0.25, -0.2) is 0 Å². The molecule has 0 amide bonds. The number of hydrogen-bond acceptors (Lipinski definition) is 2. The summed E-state index contributed by atoms with van der Waals surface area (Å²) < 4.78 is 0. The maximum absolute atomic E-state index is 7.00. The summed E-state index contributed by atoms with van der Waals surface area (Å²) in [5.41, 5.74) is 4.50. The number of benzene rings is 1. The highest BCUT2D eigenvalue weighted by Gasteiger charge is 2.15. The average molecular weight is 247 g/mol. The molecule has 0 spiro atoms. The van der Waals surface area contributed by atoms with Crippen LogP contribution in [0.25, 0.3) is 0 Å². The highest BCUT2D eigenvalue weighted by molar-refractivity contribution is 5.35. The molecule has 1 aliphatic heterocycles. The molecule has 18 heavy (non-hydrogen) atoms. The zero-order chi connectivity index (χ0) is 13.5. The van der Waals surface area contributed by atoms with Crippen LogP contribution < -0.4 is 0 Å². The van der Waals surface area contributed by atoms with Gasteiger partial charge in [-0.15, -0.1) is 6.58 Å². The van der Waals surface area contributed by atoms with Crippen LogP contribution in [-0.2, 0) is 13.0 Å². The van der Waals surface area contributed by atoms with Crippen molar-refractivity contribution in [3.05, 3.63) is 47.5 Å². The summed E-state index contributed by atoms with van der Waals surface area (Å²) in [6.45, 7) is 11.6. The molecule has 0 radical (unpaired) electrons. The van der Waals surface area contributed by atoms with Gasteiger partial charge in [0, 0.05) is 26.7 Å². The first-order valence-corrected chi connectivity index (χ1v) is 6.60. The number of aliphatic hydroxyl groups is 1. The van der Waals surface area contributed by atoms with E-state index in [1.165, 1.54) is 29.7 Å². The molecule has 2 rings (SSSR count). The molecule has 1 aromatic carbocycles. The Bertz CT molecular complexity index is 385. The van der Waals surface area contributed by atoms with Crippen LogP contribution in [0.4, 0.5) is 0 Å². The van der Waals surface area contributed by atoms with E-state index in [4.69, 9.17) is 5.11 Å². The SMILES string of the molecule is C=CCN1CCc2ccc(C(C)C)cc2C1.CO. The Kier molecular flexibility index (Phi) is 6.10. The highest BCUT2D eigenvalue weighted by atomic mass is 16.2. The van der Waals surface area contributed by atoms with Crippen LogP contribution in [0.15, 0.2) is 30.9 Å². The lowest BCUT2D eigenvalue weighted by atomic mass is 9.93. The van der Waals surface area contributed by atoms with Crippen LogP contribution in [0.1, 0.15) is 36.5 Å². The van der Waals surface area contributed by atoms with Crippen molar-refractivity contribution in [2.45, 2.75) is 32.7 Å². The third-order valence-corrected chi connectivity index (χ3v) is 3.38. The van der Waals surface area contributed by atoms with E-state index in [0.717, 1.165) is 20.2 Å². The Hall–Kier alpha value is -1.12. The Morgan fingerprint density at radius 3 is 2.67 bits per heavy atom. The molecule has 0 aliphatic carbocycles. The van der Waals surface area contributed by atoms with Gasteiger partial charge in [-0.2, -0.15) is 0 Å². The highest BCUT2D eigenvalue weighted by Crippen LogP contribution is 2.23. The topological polar surface area (TPSA) is 23.5 Å². The first-order valence-electron chi connectivity index (χ1n) is 6.60. The van der Waals surface area contributed by atoms with E-state index < -0.39 is 0 Å². The second-order valence-corrected chi connectivity index (χ2v) is 4.96. The summed E-state index contributed by atoms with van der Waals surface area (Å²) in [5, 5.41) is 7.00. The lowest BCUT2D eigenvalue weighted by Crippen LogP contribution is -2.30. The molecular weight excluding hydrogens is 222 g/mol. The minimum atomic E-state index is 0.625. The van der Waals surface area contributed by atoms with Crippen molar-refractivity contribution in [2.75, 3.05) is 20.2 Å². The van der Waals surface area contributed by atoms with Crippen LogP contribution in [0, 0.1) is 0 Å². The van der Waals surface area contributed by atoms with Gasteiger partial charge in [0.05, 0.1) is 0 Å². The number of nitrogens with zero attached hydrogens (tertiary/aromatic N) is 1. The van der Waals surface area contributed by atoms with Gasteiger partial charge in [-0.05, 0) is 29.0 Å². The lowest BCUT2D eigenvalue weighted by Gasteiger charge is -2.28. The minimum Gasteiger partial charge on any atom is -0.400 e. The average Bonchev–Trinajstić information content (AvgIpc) is 2.40. The van der Waals surface area contributed by atoms with Gasteiger partial charge >= 0.3 is 0 Å². The van der Waals surface area contributed by atoms with Crippen LogP contribution >= 0.6 is 0 Å². The molecule has 0 bridgehead atoms. The molecule has 1 N–H and O–H groups in total. The summed E-state index contributed by atoms with van der Waals surface area (Å²) in [6, 6.07) is 6.98. The second-order valence-electron chi connectivity index (χ2n) is 4.96. The molecule has 0 aromatic heterocycles. The van der Waals surface area contributed by atoms with Crippen molar-refractivity contribution in [2.24, 2.45) is 0 Å². The molecule has 0 unspecified atom stereocenters. The molecule has 0 saturated carbocycles. The van der Waals surface area contributed by atoms with Gasteiger partial charge < -0.3 is 5.11 Å². The fraction of sp³-hybridized carbons (Fsp3) is 0.500. The van der Waals surface area contributed by atoms with Gasteiger partial charge in [0.1, 0.15) is 0 Å². The predicted octanol–water partition coefficient (Wildman–Crippen LogP) is 2.96. The molecule has 1 heterocycles. The van der Waals surface area contributed by atoms with Gasteiger partial charge in [0.15, 0.2) is 0 Å². The summed E-state index contributed by atoms with van der Waals surface area (Å²) in [5.74, 6) is 0.625. The van der Waals surface area contributed by atoms with Crippen molar-refractivity contribution in [1.82, 2.24) is 4.90 Å². The summed E-state index contributed by atoms with van der Waals surface area (Å²) in [6.07, 6.45) is 3.18. The maximum atomic E-state index is 7.00. The first kappa shape index (κ1) is 14.9. The van der Waals surface area contributed by atoms with E-state index in [1.54, 1.807) is 0 Å². The van der Waals surface area contributed by atoms with Crippen molar-refractivity contribution in [1.29, 1.82) is 0 Å². The monoisotopic (exact) mass is 247 g/mol. The Morgan fingerprint density at radius 2 is 2.06 bits per heavy atom. The molecule has 1 aliphatic rings. The Balaban J connectivity index is 0.000000771. The third kappa shape index (κ3) is 3.69. The number of aliphatic hydroxyl groups excluding tert-OH is 1. The minimum absolute atomic E-state index is 0.625. The van der Waals surface area contributed by atoms with Crippen LogP contribution in [0.2, 0.25) is 0 Å². The Labute approximate surface area is 111 Å². The van der Waals surface area contributed by atoms with Crippen molar-refractivity contribution < 1.29 is 5.11 Å². The first-order chi connectivity index (χ1) is 8.70. The van der Waals surface area contributed by atoms with E-state index in [2.05, 4.69) is 43.5 Å². The molecule has 1 aromatic rings. The smallest absolute Gasteiger partial charge is 0.0319 e. The molecular formula is C16H25NO. The fourth-order valence-corrected chi connectivity index (χ4v) is 2.33. The van der Waals surface area contributed by atoms with Crippen LogP contribution in [0.3, 0.4) is 0 Å². The Morgan fingerprint density at radius 1 is 1.33 bits per heavy atom. The molecule has 0 fully saturated rings. The van der Waals surface area contributed by atoms with Crippen LogP contribution in [0.5, 0.6) is 0 Å². The molecule has 2 nitrogen and oxygen atoms in total. The lowest BCUT2D eigenvalue weighted by molar-refractivity contribution is 0.282. The molecule has 2 heteroatoms. The van der Waals surface area contributed by atoms with Crippen molar-refractivity contribution >= 4 is 0 Å². The van der Waals surface area contributed by atoms with Gasteiger partial charge in [-0.1, -0.05) is 38.1 Å². The normalized spacial score (nSPS) is 14.7. The summed E-state index contributed by atoms with van der Waals surface area (Å²) >= 11 is 0. The predicted molar refractivity (Wildman–Crippen MR) is 77.9 cm³/mol. The van der Waals surface area contributed by atoms with E-state index >= 15 is 0 Å². The zero-order valence-corrected chi connectivity index (χ0v) is 11.8. The summed E-state index contributed by atoms with van der Waals surface area (Å²) in [7, 11) is 1.00. The maximum Gasteiger partial charge on any atom is 0.0319 e. The molecule has 100 valence electrons.